The number of rotatable bonds is 4. The molecule has 2 amide bonds. The van der Waals surface area contributed by atoms with Crippen LogP contribution in [0.3, 0.4) is 0 Å². The van der Waals surface area contributed by atoms with Crippen molar-refractivity contribution in [3.8, 4) is 0 Å². The molecule has 1 N–H and O–H groups in total. The number of nitrogens with zero attached hydrogens (tertiary/aromatic N) is 1. The Balaban J connectivity index is 1.44. The van der Waals surface area contributed by atoms with Gasteiger partial charge in [0.05, 0.1) is 0 Å². The summed E-state index contributed by atoms with van der Waals surface area (Å²) in [5.41, 5.74) is 1.82. The maximum absolute atomic E-state index is 13.5. The fourth-order valence-corrected chi connectivity index (χ4v) is 3.19. The molecule has 3 rings (SSSR count). The van der Waals surface area contributed by atoms with Crippen LogP contribution >= 0.6 is 0 Å². The zero-order valence-corrected chi connectivity index (χ0v) is 14.2. The number of urea groups is 1. The summed E-state index contributed by atoms with van der Waals surface area (Å²) < 4.78 is 13.5. The summed E-state index contributed by atoms with van der Waals surface area (Å²) in [4.78, 5) is 14.0. The van der Waals surface area contributed by atoms with E-state index < -0.39 is 0 Å². The standard InChI is InChI=1S/C21H23FN2O/c22-20-9-5-4-8-19(20)10-13-23-21(25)24-14-11-18(12-15-24)16-17-6-2-1-3-7-17/h1-10,13,18H,11-12,14-16H2,(H,23,25)/b13-10+. The first kappa shape index (κ1) is 17.2. The summed E-state index contributed by atoms with van der Waals surface area (Å²) in [7, 11) is 0. The minimum atomic E-state index is -0.297. The van der Waals surface area contributed by atoms with E-state index in [0.717, 1.165) is 32.4 Å². The molecule has 0 atom stereocenters. The molecule has 0 radical (unpaired) electrons. The molecule has 0 unspecified atom stereocenters. The Kier molecular flexibility index (Phi) is 5.83. The molecule has 0 bridgehead atoms. The SMILES string of the molecule is O=C(N/C=C/c1ccccc1F)N1CCC(Cc2ccccc2)CC1. The predicted molar refractivity (Wildman–Crippen MR) is 98.4 cm³/mol. The van der Waals surface area contributed by atoms with Crippen molar-refractivity contribution in [2.45, 2.75) is 19.3 Å². The number of hydrogen-bond donors (Lipinski definition) is 1. The molecule has 130 valence electrons. The fraction of sp³-hybridized carbons (Fsp3) is 0.286. The zero-order valence-electron chi connectivity index (χ0n) is 14.2. The number of carbonyl (C=O) groups excluding carboxylic acids is 1. The Hall–Kier alpha value is -2.62. The van der Waals surface area contributed by atoms with E-state index >= 15 is 0 Å². The number of piperidine rings is 1. The first-order chi connectivity index (χ1) is 12.2. The lowest BCUT2D eigenvalue weighted by Gasteiger charge is -2.31. The van der Waals surface area contributed by atoms with Crippen molar-refractivity contribution < 1.29 is 9.18 Å². The van der Waals surface area contributed by atoms with Crippen LogP contribution in [0.25, 0.3) is 6.08 Å². The van der Waals surface area contributed by atoms with E-state index in [4.69, 9.17) is 0 Å². The van der Waals surface area contributed by atoms with Gasteiger partial charge in [0.2, 0.25) is 0 Å². The third-order valence-electron chi connectivity index (χ3n) is 4.64. The van der Waals surface area contributed by atoms with Crippen LogP contribution in [0.5, 0.6) is 0 Å². The van der Waals surface area contributed by atoms with Gasteiger partial charge in [-0.15, -0.1) is 0 Å². The number of hydrogen-bond acceptors (Lipinski definition) is 1. The summed E-state index contributed by atoms with van der Waals surface area (Å²) in [6.07, 6.45) is 6.19. The first-order valence-corrected chi connectivity index (χ1v) is 8.73. The van der Waals surface area contributed by atoms with Crippen molar-refractivity contribution >= 4 is 12.1 Å². The largest absolute Gasteiger partial charge is 0.325 e. The average Bonchev–Trinajstić information content (AvgIpc) is 2.65. The van der Waals surface area contributed by atoms with Crippen molar-refractivity contribution in [1.82, 2.24) is 10.2 Å². The lowest BCUT2D eigenvalue weighted by molar-refractivity contribution is 0.173. The molecule has 0 aliphatic carbocycles. The van der Waals surface area contributed by atoms with E-state index in [0.29, 0.717) is 11.5 Å². The highest BCUT2D eigenvalue weighted by Gasteiger charge is 2.22. The Labute approximate surface area is 148 Å². The van der Waals surface area contributed by atoms with Gasteiger partial charge in [0.15, 0.2) is 0 Å². The quantitative estimate of drug-likeness (QED) is 0.877. The molecular weight excluding hydrogens is 315 g/mol. The number of benzene rings is 2. The Morgan fingerprint density at radius 1 is 1.08 bits per heavy atom. The highest BCUT2D eigenvalue weighted by atomic mass is 19.1. The van der Waals surface area contributed by atoms with Gasteiger partial charge in [-0.3, -0.25) is 0 Å². The topological polar surface area (TPSA) is 32.3 Å². The number of halogens is 1. The Morgan fingerprint density at radius 3 is 2.48 bits per heavy atom. The number of likely N-dealkylation sites (tertiary alicyclic amines) is 1. The molecule has 2 aromatic rings. The maximum atomic E-state index is 13.5. The van der Waals surface area contributed by atoms with Crippen molar-refractivity contribution in [2.24, 2.45) is 5.92 Å². The van der Waals surface area contributed by atoms with E-state index in [1.807, 2.05) is 11.0 Å². The lowest BCUT2D eigenvalue weighted by atomic mass is 9.90. The molecule has 0 saturated carbocycles. The predicted octanol–water partition coefficient (Wildman–Crippen LogP) is 4.46. The van der Waals surface area contributed by atoms with Crippen LogP contribution in [-0.2, 0) is 6.42 Å². The molecule has 25 heavy (non-hydrogen) atoms. The van der Waals surface area contributed by atoms with Gasteiger partial charge in [0, 0.05) is 24.9 Å². The highest BCUT2D eigenvalue weighted by Crippen LogP contribution is 2.21. The molecule has 1 aliphatic heterocycles. The van der Waals surface area contributed by atoms with Gasteiger partial charge in [-0.1, -0.05) is 48.5 Å². The molecule has 1 heterocycles. The monoisotopic (exact) mass is 338 g/mol. The summed E-state index contributed by atoms with van der Waals surface area (Å²) >= 11 is 0. The van der Waals surface area contributed by atoms with Crippen LogP contribution in [0.4, 0.5) is 9.18 Å². The molecule has 0 spiro atoms. The Morgan fingerprint density at radius 2 is 1.76 bits per heavy atom. The summed E-state index contributed by atoms with van der Waals surface area (Å²) in [5, 5.41) is 2.73. The summed E-state index contributed by atoms with van der Waals surface area (Å²) in [5.74, 6) is 0.329. The van der Waals surface area contributed by atoms with E-state index in [1.165, 1.54) is 17.8 Å². The van der Waals surface area contributed by atoms with Crippen molar-refractivity contribution in [3.63, 3.8) is 0 Å². The molecule has 1 fully saturated rings. The van der Waals surface area contributed by atoms with Gasteiger partial charge in [-0.2, -0.15) is 0 Å². The van der Waals surface area contributed by atoms with E-state index in [1.54, 1.807) is 24.3 Å². The Bertz CT molecular complexity index is 722. The van der Waals surface area contributed by atoms with Gasteiger partial charge in [0.25, 0.3) is 0 Å². The summed E-state index contributed by atoms with van der Waals surface area (Å²) in [6, 6.07) is 16.9. The number of carbonyl (C=O) groups is 1. The minimum Gasteiger partial charge on any atom is -0.325 e. The summed E-state index contributed by atoms with van der Waals surface area (Å²) in [6.45, 7) is 1.52. The molecule has 4 heteroatoms. The van der Waals surface area contributed by atoms with E-state index in [9.17, 15) is 9.18 Å². The minimum absolute atomic E-state index is 0.120. The van der Waals surface area contributed by atoms with E-state index in [2.05, 4.69) is 29.6 Å². The number of amides is 2. The van der Waals surface area contributed by atoms with Crippen molar-refractivity contribution in [2.75, 3.05) is 13.1 Å². The highest BCUT2D eigenvalue weighted by molar-refractivity contribution is 5.76. The molecular formula is C21H23FN2O. The van der Waals surface area contributed by atoms with Crippen LogP contribution in [0.2, 0.25) is 0 Å². The average molecular weight is 338 g/mol. The van der Waals surface area contributed by atoms with Crippen molar-refractivity contribution in [3.05, 3.63) is 77.7 Å². The third kappa shape index (κ3) is 4.92. The van der Waals surface area contributed by atoms with Gasteiger partial charge in [-0.05, 0) is 42.9 Å². The first-order valence-electron chi connectivity index (χ1n) is 8.73. The van der Waals surface area contributed by atoms with Crippen LogP contribution in [-0.4, -0.2) is 24.0 Å². The van der Waals surface area contributed by atoms with Crippen molar-refractivity contribution in [1.29, 1.82) is 0 Å². The van der Waals surface area contributed by atoms with Gasteiger partial charge in [0.1, 0.15) is 5.82 Å². The van der Waals surface area contributed by atoms with Gasteiger partial charge < -0.3 is 10.2 Å². The molecule has 3 nitrogen and oxygen atoms in total. The third-order valence-corrected chi connectivity index (χ3v) is 4.64. The second-order valence-corrected chi connectivity index (χ2v) is 6.42. The van der Waals surface area contributed by atoms with Crippen LogP contribution < -0.4 is 5.32 Å². The van der Waals surface area contributed by atoms with Crippen LogP contribution in [0, 0.1) is 11.7 Å². The fourth-order valence-electron chi connectivity index (χ4n) is 3.19. The normalized spacial score (nSPS) is 15.5. The zero-order chi connectivity index (χ0) is 17.5. The van der Waals surface area contributed by atoms with Gasteiger partial charge in [-0.25, -0.2) is 9.18 Å². The second-order valence-electron chi connectivity index (χ2n) is 6.42. The molecule has 1 saturated heterocycles. The van der Waals surface area contributed by atoms with Crippen LogP contribution in [0.1, 0.15) is 24.0 Å². The number of nitrogens with one attached hydrogen (secondary N) is 1. The molecule has 1 aliphatic rings. The lowest BCUT2D eigenvalue weighted by Crippen LogP contribution is -2.43. The van der Waals surface area contributed by atoms with E-state index in [-0.39, 0.29) is 11.8 Å². The van der Waals surface area contributed by atoms with Crippen LogP contribution in [0.15, 0.2) is 60.8 Å². The smallest absolute Gasteiger partial charge is 0.321 e. The maximum Gasteiger partial charge on any atom is 0.321 e. The van der Waals surface area contributed by atoms with Gasteiger partial charge >= 0.3 is 6.03 Å². The second kappa shape index (κ2) is 8.47. The molecule has 2 aromatic carbocycles. The molecule has 0 aromatic heterocycles.